The Bertz CT molecular complexity index is 3560. The number of para-hydroxylation sites is 1. The number of hydrogen-bond donors (Lipinski definition) is 0. The van der Waals surface area contributed by atoms with Gasteiger partial charge in [0.2, 0.25) is 0 Å². The molecule has 0 aliphatic carbocycles. The third kappa shape index (κ3) is 6.09. The summed E-state index contributed by atoms with van der Waals surface area (Å²) in [4.78, 5) is 2.39. The minimum atomic E-state index is 1.11. The highest BCUT2D eigenvalue weighted by Crippen LogP contribution is 2.42. The molecule has 0 bridgehead atoms. The van der Waals surface area contributed by atoms with E-state index < -0.39 is 0 Å². The number of hydrogen-bond acceptors (Lipinski definition) is 2. The van der Waals surface area contributed by atoms with Crippen molar-refractivity contribution in [3.8, 4) is 39.1 Å². The number of nitrogens with zero attached hydrogens (tertiary/aromatic N) is 2. The van der Waals surface area contributed by atoms with Gasteiger partial charge in [0.1, 0.15) is 0 Å². The molecule has 0 aliphatic rings. The Kier molecular flexibility index (Phi) is 8.39. The van der Waals surface area contributed by atoms with Crippen molar-refractivity contribution in [1.82, 2.24) is 4.57 Å². The Hall–Kier alpha value is -7.72. The van der Waals surface area contributed by atoms with Gasteiger partial charge >= 0.3 is 0 Å². The van der Waals surface area contributed by atoms with Crippen molar-refractivity contribution in [2.24, 2.45) is 0 Å². The van der Waals surface area contributed by atoms with E-state index in [9.17, 15) is 0 Å². The molecular formula is C58H38N2S. The third-order valence-corrected chi connectivity index (χ3v) is 13.4. The van der Waals surface area contributed by atoms with Crippen LogP contribution in [-0.4, -0.2) is 4.57 Å². The van der Waals surface area contributed by atoms with E-state index in [1.807, 2.05) is 11.3 Å². The van der Waals surface area contributed by atoms with E-state index in [1.54, 1.807) is 0 Å². The van der Waals surface area contributed by atoms with Crippen LogP contribution in [0.3, 0.4) is 0 Å². The predicted octanol–water partition coefficient (Wildman–Crippen LogP) is 16.8. The van der Waals surface area contributed by atoms with Crippen LogP contribution in [0.25, 0.3) is 91.8 Å². The van der Waals surface area contributed by atoms with E-state index in [0.29, 0.717) is 0 Å². The number of fused-ring (bicyclic) bond motifs is 7. The zero-order chi connectivity index (χ0) is 40.3. The molecule has 0 N–H and O–H groups in total. The van der Waals surface area contributed by atoms with Gasteiger partial charge in [-0.05, 0) is 112 Å². The second-order valence-corrected chi connectivity index (χ2v) is 16.8. The van der Waals surface area contributed by atoms with Gasteiger partial charge in [-0.1, -0.05) is 158 Å². The Morgan fingerprint density at radius 3 is 1.54 bits per heavy atom. The zero-order valence-electron chi connectivity index (χ0n) is 33.2. The minimum Gasteiger partial charge on any atom is -0.310 e. The number of rotatable bonds is 7. The van der Waals surface area contributed by atoms with Gasteiger partial charge in [0.05, 0.1) is 16.7 Å². The molecular weight excluding hydrogens is 757 g/mol. The molecule has 12 rings (SSSR count). The molecule has 61 heavy (non-hydrogen) atoms. The van der Waals surface area contributed by atoms with Crippen molar-refractivity contribution in [1.29, 1.82) is 0 Å². The monoisotopic (exact) mass is 794 g/mol. The molecule has 10 aromatic carbocycles. The van der Waals surface area contributed by atoms with E-state index in [-0.39, 0.29) is 0 Å². The number of anilines is 3. The fraction of sp³-hybridized carbons (Fsp3) is 0. The molecule has 12 aromatic rings. The van der Waals surface area contributed by atoms with Gasteiger partial charge in [-0.2, -0.15) is 0 Å². The van der Waals surface area contributed by atoms with Gasteiger partial charge in [-0.25, -0.2) is 0 Å². The normalized spacial score (nSPS) is 11.6. The van der Waals surface area contributed by atoms with Crippen LogP contribution >= 0.6 is 11.3 Å². The summed E-state index contributed by atoms with van der Waals surface area (Å²) in [5, 5.41) is 7.57. The van der Waals surface area contributed by atoms with Gasteiger partial charge in [0.25, 0.3) is 0 Å². The molecule has 3 heteroatoms. The molecule has 0 aliphatic heterocycles. The number of aromatic nitrogens is 1. The first-order valence-corrected chi connectivity index (χ1v) is 21.6. The molecule has 2 nitrogen and oxygen atoms in total. The molecule has 0 atom stereocenters. The first-order chi connectivity index (χ1) is 30.2. The summed E-state index contributed by atoms with van der Waals surface area (Å²) in [6, 6.07) is 84.1. The van der Waals surface area contributed by atoms with Crippen LogP contribution < -0.4 is 4.90 Å². The average molecular weight is 795 g/mol. The van der Waals surface area contributed by atoms with Crippen LogP contribution in [0.2, 0.25) is 0 Å². The summed E-state index contributed by atoms with van der Waals surface area (Å²) in [5.41, 5.74) is 14.2. The maximum absolute atomic E-state index is 2.43. The van der Waals surface area contributed by atoms with E-state index in [1.165, 1.54) is 91.8 Å². The quantitative estimate of drug-likeness (QED) is 0.156. The van der Waals surface area contributed by atoms with Crippen LogP contribution in [0.1, 0.15) is 0 Å². The lowest BCUT2D eigenvalue weighted by molar-refractivity contribution is 1.20. The van der Waals surface area contributed by atoms with Crippen LogP contribution in [0, 0.1) is 0 Å². The number of benzene rings is 10. The molecule has 0 unspecified atom stereocenters. The summed E-state index contributed by atoms with van der Waals surface area (Å²) >= 11 is 1.85. The highest BCUT2D eigenvalue weighted by molar-refractivity contribution is 7.25. The summed E-state index contributed by atoms with van der Waals surface area (Å²) in [7, 11) is 0. The summed E-state index contributed by atoms with van der Waals surface area (Å²) < 4.78 is 5.04. The molecule has 2 heterocycles. The molecule has 0 amide bonds. The van der Waals surface area contributed by atoms with Crippen molar-refractivity contribution in [3.63, 3.8) is 0 Å². The van der Waals surface area contributed by atoms with E-state index in [4.69, 9.17) is 0 Å². The fourth-order valence-electron chi connectivity index (χ4n) is 9.21. The maximum Gasteiger partial charge on any atom is 0.0541 e. The minimum absolute atomic E-state index is 1.11. The first kappa shape index (κ1) is 35.2. The largest absolute Gasteiger partial charge is 0.310 e. The lowest BCUT2D eigenvalue weighted by Crippen LogP contribution is -2.09. The van der Waals surface area contributed by atoms with E-state index >= 15 is 0 Å². The Morgan fingerprint density at radius 2 is 0.803 bits per heavy atom. The first-order valence-electron chi connectivity index (χ1n) is 20.8. The van der Waals surface area contributed by atoms with Gasteiger partial charge in [-0.15, -0.1) is 11.3 Å². The van der Waals surface area contributed by atoms with Gasteiger partial charge in [0.15, 0.2) is 0 Å². The highest BCUT2D eigenvalue weighted by atomic mass is 32.1. The topological polar surface area (TPSA) is 8.17 Å². The van der Waals surface area contributed by atoms with Crippen molar-refractivity contribution in [2.75, 3.05) is 4.90 Å². The molecule has 0 radical (unpaired) electrons. The molecule has 0 saturated carbocycles. The summed E-state index contributed by atoms with van der Waals surface area (Å²) in [5.74, 6) is 0. The molecule has 286 valence electrons. The molecule has 0 saturated heterocycles. The molecule has 0 fully saturated rings. The van der Waals surface area contributed by atoms with Crippen molar-refractivity contribution >= 4 is 81.1 Å². The predicted molar refractivity (Wildman–Crippen MR) is 262 cm³/mol. The second-order valence-electron chi connectivity index (χ2n) is 15.7. The molecule has 2 aromatic heterocycles. The van der Waals surface area contributed by atoms with E-state index in [2.05, 4.69) is 240 Å². The van der Waals surface area contributed by atoms with Crippen LogP contribution in [0.5, 0.6) is 0 Å². The number of thiophene rings is 1. The van der Waals surface area contributed by atoms with Crippen molar-refractivity contribution < 1.29 is 0 Å². The lowest BCUT2D eigenvalue weighted by Gasteiger charge is -2.26. The Morgan fingerprint density at radius 1 is 0.295 bits per heavy atom. The fourth-order valence-corrected chi connectivity index (χ4v) is 10.3. The van der Waals surface area contributed by atoms with Crippen molar-refractivity contribution in [3.05, 3.63) is 231 Å². The maximum atomic E-state index is 2.43. The SMILES string of the molecule is c1ccc(-c2ccc(-c3ccc(N(c4ccc(-c5ccc6c(c5)c5ccccc5n6-c5cccc6ccccc56)cc4)c4ccc5sc6ccccc6c5c4)cc3)cc2)cc1. The molecule has 0 spiro atoms. The van der Waals surface area contributed by atoms with Crippen LogP contribution in [0.15, 0.2) is 231 Å². The summed E-state index contributed by atoms with van der Waals surface area (Å²) in [6.45, 7) is 0. The Balaban J connectivity index is 0.935. The average Bonchev–Trinajstić information content (AvgIpc) is 3.87. The zero-order valence-corrected chi connectivity index (χ0v) is 34.1. The summed E-state index contributed by atoms with van der Waals surface area (Å²) in [6.07, 6.45) is 0. The second kappa shape index (κ2) is 14.5. The lowest BCUT2D eigenvalue weighted by atomic mass is 10.00. The van der Waals surface area contributed by atoms with Crippen molar-refractivity contribution in [2.45, 2.75) is 0 Å². The van der Waals surface area contributed by atoms with Gasteiger partial charge in [0, 0.05) is 53.4 Å². The van der Waals surface area contributed by atoms with Crippen LogP contribution in [0.4, 0.5) is 17.1 Å². The van der Waals surface area contributed by atoms with Gasteiger partial charge < -0.3 is 9.47 Å². The highest BCUT2D eigenvalue weighted by Gasteiger charge is 2.18. The third-order valence-electron chi connectivity index (χ3n) is 12.2. The van der Waals surface area contributed by atoms with Crippen LogP contribution in [-0.2, 0) is 0 Å². The van der Waals surface area contributed by atoms with E-state index in [0.717, 1.165) is 17.1 Å². The Labute approximate surface area is 358 Å². The smallest absolute Gasteiger partial charge is 0.0541 e. The standard InChI is InChI=1S/C58H38N2S/c1-2-11-39(12-3-1)40-21-23-41(24-22-40)42-25-30-46(31-26-42)59(48-34-36-58-53(38-48)51-17-7-9-20-57(51)61-58)47-32-27-43(28-33-47)45-29-35-56-52(37-45)50-16-6-8-18-55(50)60(56)54-19-10-14-44-13-4-5-15-49(44)54/h1-38H. The van der Waals surface area contributed by atoms with Gasteiger partial charge in [-0.3, -0.25) is 0 Å².